The van der Waals surface area contributed by atoms with Gasteiger partial charge in [-0.2, -0.15) is 0 Å². The minimum atomic E-state index is 0.00838. The Kier molecular flexibility index (Phi) is 10.1. The highest BCUT2D eigenvalue weighted by Gasteiger charge is 2.25. The maximum absolute atomic E-state index is 13.4. The fraction of sp³-hybridized carbons (Fsp3) is 0.520. The van der Waals surface area contributed by atoms with Gasteiger partial charge in [-0.05, 0) is 44.4 Å². The predicted octanol–water partition coefficient (Wildman–Crippen LogP) is 5.79. The highest BCUT2D eigenvalue weighted by Crippen LogP contribution is 2.19. The quantitative estimate of drug-likeness (QED) is 0.401. The van der Waals surface area contributed by atoms with Crippen molar-refractivity contribution in [1.29, 1.82) is 0 Å². The zero-order valence-corrected chi connectivity index (χ0v) is 19.7. The van der Waals surface area contributed by atoms with Gasteiger partial charge in [-0.15, -0.1) is 11.3 Å². The zero-order valence-electron chi connectivity index (χ0n) is 18.9. The van der Waals surface area contributed by atoms with E-state index in [-0.39, 0.29) is 24.4 Å². The van der Waals surface area contributed by atoms with Crippen LogP contribution in [0.5, 0.6) is 0 Å². The van der Waals surface area contributed by atoms with Crippen LogP contribution < -0.4 is 0 Å². The van der Waals surface area contributed by atoms with Crippen molar-refractivity contribution >= 4 is 23.2 Å². The van der Waals surface area contributed by atoms with Crippen LogP contribution in [0, 0.1) is 6.92 Å². The molecular formula is C25H36N2O2S. The molecule has 1 unspecified atom stereocenters. The van der Waals surface area contributed by atoms with E-state index >= 15 is 0 Å². The molecule has 5 heteroatoms. The molecule has 0 aliphatic carbocycles. The molecule has 1 aromatic heterocycles. The molecule has 4 nitrogen and oxygen atoms in total. The van der Waals surface area contributed by atoms with Gasteiger partial charge in [0.1, 0.15) is 6.54 Å². The van der Waals surface area contributed by atoms with E-state index in [0.717, 1.165) is 31.2 Å². The van der Waals surface area contributed by atoms with Gasteiger partial charge < -0.3 is 9.80 Å². The maximum atomic E-state index is 13.4. The molecule has 0 aliphatic rings. The Hall–Kier alpha value is -2.14. The molecule has 0 N–H and O–H groups in total. The number of thiophene rings is 1. The summed E-state index contributed by atoms with van der Waals surface area (Å²) in [7, 11) is 0. The van der Waals surface area contributed by atoms with Crippen molar-refractivity contribution in [2.24, 2.45) is 0 Å². The molecule has 2 rings (SSSR count). The third-order valence-electron chi connectivity index (χ3n) is 5.45. The van der Waals surface area contributed by atoms with E-state index in [1.165, 1.54) is 9.75 Å². The summed E-state index contributed by atoms with van der Waals surface area (Å²) in [6.07, 6.45) is 4.38. The maximum Gasteiger partial charge on any atom is 0.242 e. The van der Waals surface area contributed by atoms with Gasteiger partial charge in [-0.3, -0.25) is 9.59 Å². The van der Waals surface area contributed by atoms with Crippen molar-refractivity contribution in [3.8, 4) is 0 Å². The number of carbonyl (C=O) groups excluding carboxylic acids is 2. The molecule has 2 amide bonds. The minimum Gasteiger partial charge on any atom is -0.332 e. The number of hydrogen-bond donors (Lipinski definition) is 0. The van der Waals surface area contributed by atoms with Crippen LogP contribution in [0.4, 0.5) is 0 Å². The monoisotopic (exact) mass is 428 g/mol. The lowest BCUT2D eigenvalue weighted by Crippen LogP contribution is -2.46. The summed E-state index contributed by atoms with van der Waals surface area (Å²) in [5.41, 5.74) is 1.10. The summed E-state index contributed by atoms with van der Waals surface area (Å²) in [6, 6.07) is 14.3. The summed E-state index contributed by atoms with van der Waals surface area (Å²) in [5, 5.41) is 0. The van der Waals surface area contributed by atoms with Crippen LogP contribution in [0.2, 0.25) is 0 Å². The molecule has 0 fully saturated rings. The first kappa shape index (κ1) is 24.1. The van der Waals surface area contributed by atoms with E-state index in [1.54, 1.807) is 16.2 Å². The van der Waals surface area contributed by atoms with Crippen LogP contribution in [0.3, 0.4) is 0 Å². The lowest BCUT2D eigenvalue weighted by atomic mass is 10.1. The van der Waals surface area contributed by atoms with Gasteiger partial charge in [0.2, 0.25) is 11.8 Å². The molecule has 0 bridgehead atoms. The van der Waals surface area contributed by atoms with Crippen LogP contribution in [0.1, 0.15) is 68.2 Å². The zero-order chi connectivity index (χ0) is 21.9. The molecule has 0 saturated heterocycles. The number of rotatable bonds is 12. The van der Waals surface area contributed by atoms with Crippen molar-refractivity contribution < 1.29 is 9.59 Å². The van der Waals surface area contributed by atoms with Crippen LogP contribution in [0.25, 0.3) is 0 Å². The van der Waals surface area contributed by atoms with Gasteiger partial charge in [0.15, 0.2) is 0 Å². The molecule has 0 aliphatic heterocycles. The van der Waals surface area contributed by atoms with E-state index in [9.17, 15) is 9.59 Å². The Morgan fingerprint density at radius 2 is 1.70 bits per heavy atom. The summed E-state index contributed by atoms with van der Waals surface area (Å²) in [4.78, 5) is 32.3. The second-order valence-corrected chi connectivity index (χ2v) is 9.36. The average Bonchev–Trinajstić information content (AvgIpc) is 3.16. The summed E-state index contributed by atoms with van der Waals surface area (Å²) < 4.78 is 0. The van der Waals surface area contributed by atoms with E-state index < -0.39 is 0 Å². The standard InChI is InChI=1S/C25H36N2O2S/c1-5-7-9-14-24(28)27(20(3)6-2)19-25(29)26(17-22-12-10-8-11-13-22)18-23-16-15-21(4)30-23/h8,10-13,15-16,20H,5-7,9,14,17-19H2,1-4H3. The van der Waals surface area contributed by atoms with Gasteiger partial charge in [0, 0.05) is 28.8 Å². The average molecular weight is 429 g/mol. The van der Waals surface area contributed by atoms with Crippen molar-refractivity contribution in [3.63, 3.8) is 0 Å². The SMILES string of the molecule is CCCCCC(=O)N(CC(=O)N(Cc1ccccc1)Cc1ccc(C)s1)C(C)CC. The van der Waals surface area contributed by atoms with E-state index in [2.05, 4.69) is 32.9 Å². The molecule has 164 valence electrons. The van der Waals surface area contributed by atoms with Crippen LogP contribution in [0.15, 0.2) is 42.5 Å². The molecule has 2 aromatic rings. The third-order valence-corrected chi connectivity index (χ3v) is 6.44. The number of aryl methyl sites for hydroxylation is 1. The Labute approximate surface area is 185 Å². The molecule has 0 radical (unpaired) electrons. The second-order valence-electron chi connectivity index (χ2n) is 7.98. The highest BCUT2D eigenvalue weighted by atomic mass is 32.1. The fourth-order valence-corrected chi connectivity index (χ4v) is 4.33. The van der Waals surface area contributed by atoms with E-state index in [0.29, 0.717) is 19.5 Å². The number of unbranched alkanes of at least 4 members (excludes halogenated alkanes) is 2. The normalized spacial score (nSPS) is 11.9. The number of carbonyl (C=O) groups is 2. The Bertz CT molecular complexity index is 787. The summed E-state index contributed by atoms with van der Waals surface area (Å²) in [6.45, 7) is 9.59. The molecule has 0 saturated carbocycles. The van der Waals surface area contributed by atoms with Crippen LogP contribution in [-0.2, 0) is 22.7 Å². The van der Waals surface area contributed by atoms with Crippen molar-refractivity contribution in [3.05, 3.63) is 57.8 Å². The summed E-state index contributed by atoms with van der Waals surface area (Å²) >= 11 is 1.72. The molecule has 1 heterocycles. The lowest BCUT2D eigenvalue weighted by molar-refractivity contribution is -0.143. The third kappa shape index (κ3) is 7.60. The van der Waals surface area contributed by atoms with E-state index in [1.807, 2.05) is 42.2 Å². The molecule has 1 aromatic carbocycles. The number of nitrogens with zero attached hydrogens (tertiary/aromatic N) is 2. The lowest BCUT2D eigenvalue weighted by Gasteiger charge is -2.31. The van der Waals surface area contributed by atoms with Crippen molar-refractivity contribution in [1.82, 2.24) is 9.80 Å². The largest absolute Gasteiger partial charge is 0.332 e. The van der Waals surface area contributed by atoms with Crippen molar-refractivity contribution in [2.45, 2.75) is 78.9 Å². The van der Waals surface area contributed by atoms with Crippen molar-refractivity contribution in [2.75, 3.05) is 6.54 Å². The topological polar surface area (TPSA) is 40.6 Å². The first-order chi connectivity index (χ1) is 14.4. The van der Waals surface area contributed by atoms with E-state index in [4.69, 9.17) is 0 Å². The smallest absolute Gasteiger partial charge is 0.242 e. The number of hydrogen-bond acceptors (Lipinski definition) is 3. The predicted molar refractivity (Wildman–Crippen MR) is 125 cm³/mol. The van der Waals surface area contributed by atoms with Crippen LogP contribution >= 0.6 is 11.3 Å². The van der Waals surface area contributed by atoms with Crippen LogP contribution in [-0.4, -0.2) is 34.2 Å². The Morgan fingerprint density at radius 1 is 0.967 bits per heavy atom. The van der Waals surface area contributed by atoms with Gasteiger partial charge in [0.05, 0.1) is 6.54 Å². The number of amides is 2. The summed E-state index contributed by atoms with van der Waals surface area (Å²) in [5.74, 6) is 0.104. The second kappa shape index (κ2) is 12.5. The van der Waals surface area contributed by atoms with Gasteiger partial charge in [-0.25, -0.2) is 0 Å². The van der Waals surface area contributed by atoms with Gasteiger partial charge in [0.25, 0.3) is 0 Å². The van der Waals surface area contributed by atoms with Gasteiger partial charge >= 0.3 is 0 Å². The minimum absolute atomic E-state index is 0.00838. The molecule has 1 atom stereocenters. The van der Waals surface area contributed by atoms with Gasteiger partial charge in [-0.1, -0.05) is 57.0 Å². The Balaban J connectivity index is 2.15. The fourth-order valence-electron chi connectivity index (χ4n) is 3.42. The first-order valence-corrected chi connectivity index (χ1v) is 11.9. The molecule has 30 heavy (non-hydrogen) atoms. The first-order valence-electron chi connectivity index (χ1n) is 11.1. The molecule has 0 spiro atoms. The molecular weight excluding hydrogens is 392 g/mol. The Morgan fingerprint density at radius 3 is 2.30 bits per heavy atom. The number of benzene rings is 1. The highest BCUT2D eigenvalue weighted by molar-refractivity contribution is 7.11.